The van der Waals surface area contributed by atoms with Crippen LogP contribution in [0.3, 0.4) is 0 Å². The molecular formula is C20H23N3O2. The SMILES string of the molecule is CCc1nc(C)c(C(=O)NCc2ccc3[nH]c4c(c3c2)CCCC4)o1. The van der Waals surface area contributed by atoms with Gasteiger partial charge in [-0.15, -0.1) is 0 Å². The highest BCUT2D eigenvalue weighted by Gasteiger charge is 2.18. The molecule has 4 rings (SSSR count). The molecule has 0 fully saturated rings. The topological polar surface area (TPSA) is 70.9 Å². The monoisotopic (exact) mass is 337 g/mol. The summed E-state index contributed by atoms with van der Waals surface area (Å²) in [5.74, 6) is 0.709. The maximum absolute atomic E-state index is 12.4. The summed E-state index contributed by atoms with van der Waals surface area (Å²) in [5, 5.41) is 4.24. The second kappa shape index (κ2) is 6.39. The number of hydrogen-bond acceptors (Lipinski definition) is 3. The minimum atomic E-state index is -0.208. The van der Waals surface area contributed by atoms with Crippen molar-refractivity contribution in [1.29, 1.82) is 0 Å². The Balaban J connectivity index is 1.52. The van der Waals surface area contributed by atoms with E-state index in [0.717, 1.165) is 18.4 Å². The van der Waals surface area contributed by atoms with Gasteiger partial charge >= 0.3 is 0 Å². The van der Waals surface area contributed by atoms with Crippen molar-refractivity contribution < 1.29 is 9.21 Å². The van der Waals surface area contributed by atoms with Crippen LogP contribution in [0.5, 0.6) is 0 Å². The first-order valence-electron chi connectivity index (χ1n) is 9.02. The summed E-state index contributed by atoms with van der Waals surface area (Å²) in [6.45, 7) is 4.24. The lowest BCUT2D eigenvalue weighted by Gasteiger charge is -2.10. The summed E-state index contributed by atoms with van der Waals surface area (Å²) in [4.78, 5) is 20.2. The van der Waals surface area contributed by atoms with E-state index in [1.54, 1.807) is 6.92 Å². The zero-order valence-electron chi connectivity index (χ0n) is 14.7. The molecule has 0 saturated carbocycles. The van der Waals surface area contributed by atoms with E-state index < -0.39 is 0 Å². The van der Waals surface area contributed by atoms with Crippen LogP contribution in [-0.2, 0) is 25.8 Å². The Labute approximate surface area is 146 Å². The molecular weight excluding hydrogens is 314 g/mol. The van der Waals surface area contributed by atoms with Gasteiger partial charge in [-0.2, -0.15) is 0 Å². The first-order chi connectivity index (χ1) is 12.2. The second-order valence-corrected chi connectivity index (χ2v) is 6.73. The van der Waals surface area contributed by atoms with Crippen LogP contribution in [-0.4, -0.2) is 15.9 Å². The number of nitrogens with zero attached hydrogens (tertiary/aromatic N) is 1. The van der Waals surface area contributed by atoms with Crippen molar-refractivity contribution in [3.05, 3.63) is 52.4 Å². The van der Waals surface area contributed by atoms with Gasteiger partial charge in [0.05, 0.1) is 5.69 Å². The number of H-pyrrole nitrogens is 1. The molecule has 2 N–H and O–H groups in total. The van der Waals surface area contributed by atoms with Crippen LogP contribution >= 0.6 is 0 Å². The molecule has 5 heteroatoms. The third kappa shape index (κ3) is 2.95. The number of rotatable bonds is 4. The van der Waals surface area contributed by atoms with Gasteiger partial charge in [-0.25, -0.2) is 4.98 Å². The van der Waals surface area contributed by atoms with Gasteiger partial charge in [0.2, 0.25) is 5.76 Å². The van der Waals surface area contributed by atoms with Crippen molar-refractivity contribution >= 4 is 16.8 Å². The zero-order valence-corrected chi connectivity index (χ0v) is 14.7. The number of nitrogens with one attached hydrogen (secondary N) is 2. The third-order valence-electron chi connectivity index (χ3n) is 4.97. The highest BCUT2D eigenvalue weighted by molar-refractivity contribution is 5.92. The number of amides is 1. The van der Waals surface area contributed by atoms with Crippen LogP contribution in [0.2, 0.25) is 0 Å². The molecule has 2 aromatic heterocycles. The van der Waals surface area contributed by atoms with Crippen molar-refractivity contribution in [3.8, 4) is 0 Å². The number of fused-ring (bicyclic) bond motifs is 3. The van der Waals surface area contributed by atoms with Crippen molar-refractivity contribution in [3.63, 3.8) is 0 Å². The predicted octanol–water partition coefficient (Wildman–Crippen LogP) is 3.84. The number of aromatic amines is 1. The fourth-order valence-corrected chi connectivity index (χ4v) is 3.64. The van der Waals surface area contributed by atoms with Crippen molar-refractivity contribution in [2.45, 2.75) is 52.5 Å². The fourth-order valence-electron chi connectivity index (χ4n) is 3.64. The molecule has 3 aromatic rings. The second-order valence-electron chi connectivity index (χ2n) is 6.73. The van der Waals surface area contributed by atoms with Gasteiger partial charge in [-0.3, -0.25) is 4.79 Å². The van der Waals surface area contributed by atoms with Gasteiger partial charge < -0.3 is 14.7 Å². The fraction of sp³-hybridized carbons (Fsp3) is 0.400. The van der Waals surface area contributed by atoms with E-state index >= 15 is 0 Å². The lowest BCUT2D eigenvalue weighted by molar-refractivity contribution is 0.0920. The van der Waals surface area contributed by atoms with Gasteiger partial charge in [0.1, 0.15) is 0 Å². The first-order valence-corrected chi connectivity index (χ1v) is 9.02. The number of benzene rings is 1. The lowest BCUT2D eigenvalue weighted by Crippen LogP contribution is -2.23. The number of oxazole rings is 1. The van der Waals surface area contributed by atoms with E-state index in [2.05, 4.69) is 33.5 Å². The summed E-state index contributed by atoms with van der Waals surface area (Å²) < 4.78 is 5.52. The molecule has 25 heavy (non-hydrogen) atoms. The third-order valence-corrected chi connectivity index (χ3v) is 4.97. The molecule has 1 amide bonds. The maximum atomic E-state index is 12.4. The van der Waals surface area contributed by atoms with Crippen LogP contribution in [0.15, 0.2) is 22.6 Å². The maximum Gasteiger partial charge on any atom is 0.289 e. The largest absolute Gasteiger partial charge is 0.435 e. The molecule has 1 aromatic carbocycles. The summed E-state index contributed by atoms with van der Waals surface area (Å²) in [6, 6.07) is 6.38. The predicted molar refractivity (Wildman–Crippen MR) is 96.7 cm³/mol. The van der Waals surface area contributed by atoms with Gasteiger partial charge in [0.15, 0.2) is 5.89 Å². The minimum Gasteiger partial charge on any atom is -0.435 e. The lowest BCUT2D eigenvalue weighted by atomic mass is 9.95. The Morgan fingerprint density at radius 1 is 1.32 bits per heavy atom. The standard InChI is InChI=1S/C20H23N3O2/c1-3-18-22-12(2)19(25-18)20(24)21-11-13-8-9-17-15(10-13)14-6-4-5-7-16(14)23-17/h8-10,23H,3-7,11H2,1-2H3,(H,21,24). The van der Waals surface area contributed by atoms with Gasteiger partial charge in [-0.05, 0) is 55.9 Å². The van der Waals surface area contributed by atoms with E-state index in [4.69, 9.17) is 4.42 Å². The van der Waals surface area contributed by atoms with E-state index in [-0.39, 0.29) is 5.91 Å². The van der Waals surface area contributed by atoms with Gasteiger partial charge in [0, 0.05) is 29.6 Å². The average molecular weight is 337 g/mol. The number of aromatic nitrogens is 2. The summed E-state index contributed by atoms with van der Waals surface area (Å²) in [5.41, 5.74) is 5.77. The van der Waals surface area contributed by atoms with E-state index in [1.807, 2.05) is 6.92 Å². The van der Waals surface area contributed by atoms with Gasteiger partial charge in [-0.1, -0.05) is 13.0 Å². The minimum absolute atomic E-state index is 0.208. The average Bonchev–Trinajstić information content (AvgIpc) is 3.19. The summed E-state index contributed by atoms with van der Waals surface area (Å²) >= 11 is 0. The molecule has 0 spiro atoms. The smallest absolute Gasteiger partial charge is 0.289 e. The van der Waals surface area contributed by atoms with Crippen LogP contribution in [0.4, 0.5) is 0 Å². The Kier molecular flexibility index (Phi) is 4.07. The Hall–Kier alpha value is -2.56. The highest BCUT2D eigenvalue weighted by Crippen LogP contribution is 2.29. The van der Waals surface area contributed by atoms with Crippen LogP contribution < -0.4 is 5.32 Å². The molecule has 0 saturated heterocycles. The molecule has 2 heterocycles. The number of hydrogen-bond donors (Lipinski definition) is 2. The molecule has 5 nitrogen and oxygen atoms in total. The molecule has 1 aliphatic rings. The van der Waals surface area contributed by atoms with Crippen LogP contribution in [0.25, 0.3) is 10.9 Å². The van der Waals surface area contributed by atoms with E-state index in [1.165, 1.54) is 35.0 Å². The van der Waals surface area contributed by atoms with Crippen LogP contribution in [0, 0.1) is 6.92 Å². The van der Waals surface area contributed by atoms with E-state index in [9.17, 15) is 4.79 Å². The van der Waals surface area contributed by atoms with E-state index in [0.29, 0.717) is 30.3 Å². The summed E-state index contributed by atoms with van der Waals surface area (Å²) in [7, 11) is 0. The van der Waals surface area contributed by atoms with Crippen molar-refractivity contribution in [2.75, 3.05) is 0 Å². The normalized spacial score (nSPS) is 13.8. The Bertz CT molecular complexity index is 936. The Morgan fingerprint density at radius 2 is 2.16 bits per heavy atom. The molecule has 0 unspecified atom stereocenters. The molecule has 0 radical (unpaired) electrons. The summed E-state index contributed by atoms with van der Waals surface area (Å²) in [6.07, 6.45) is 5.48. The Morgan fingerprint density at radius 3 is 2.96 bits per heavy atom. The molecule has 0 aliphatic heterocycles. The van der Waals surface area contributed by atoms with Crippen molar-refractivity contribution in [1.82, 2.24) is 15.3 Å². The number of carbonyl (C=O) groups excluding carboxylic acids is 1. The first kappa shape index (κ1) is 15.9. The zero-order chi connectivity index (χ0) is 17.4. The number of carbonyl (C=O) groups is 1. The highest BCUT2D eigenvalue weighted by atomic mass is 16.4. The number of aryl methyl sites for hydroxylation is 4. The van der Waals surface area contributed by atoms with Crippen molar-refractivity contribution in [2.24, 2.45) is 0 Å². The molecule has 1 aliphatic carbocycles. The molecule has 130 valence electrons. The quantitative estimate of drug-likeness (QED) is 0.760. The molecule has 0 atom stereocenters. The van der Waals surface area contributed by atoms with Gasteiger partial charge in [0.25, 0.3) is 5.91 Å². The van der Waals surface area contributed by atoms with Crippen LogP contribution in [0.1, 0.15) is 58.7 Å². The molecule has 0 bridgehead atoms.